The Kier molecular flexibility index (Phi) is 5.79. The summed E-state index contributed by atoms with van der Waals surface area (Å²) in [5, 5.41) is 24.9. The lowest BCUT2D eigenvalue weighted by Crippen LogP contribution is -2.33. The third-order valence-electron chi connectivity index (χ3n) is 3.29. The lowest BCUT2D eigenvalue weighted by atomic mass is 10.1. The second-order valence-corrected chi connectivity index (χ2v) is 5.38. The van der Waals surface area contributed by atoms with Crippen molar-refractivity contribution in [1.29, 1.82) is 0 Å². The van der Waals surface area contributed by atoms with Crippen molar-refractivity contribution in [3.8, 4) is 0 Å². The van der Waals surface area contributed by atoms with Gasteiger partial charge in [0.25, 0.3) is 5.69 Å². The SMILES string of the molecule is CCc1cccc(NC(=S)NNc2ccc([N+](=O)[O-])cc2[N+](=O)[O-])c1. The molecule has 3 N–H and O–H groups in total. The number of nitro groups is 2. The number of nitrogens with one attached hydrogen (secondary N) is 3. The van der Waals surface area contributed by atoms with E-state index in [0.717, 1.165) is 29.8 Å². The Bertz CT molecular complexity index is 827. The maximum atomic E-state index is 11.1. The lowest BCUT2D eigenvalue weighted by molar-refractivity contribution is -0.393. The van der Waals surface area contributed by atoms with E-state index in [2.05, 4.69) is 16.2 Å². The van der Waals surface area contributed by atoms with Gasteiger partial charge in [-0.3, -0.25) is 31.1 Å². The number of hydrogen-bond donors (Lipinski definition) is 3. The monoisotopic (exact) mass is 361 g/mol. The summed E-state index contributed by atoms with van der Waals surface area (Å²) in [5.74, 6) is 0. The van der Waals surface area contributed by atoms with E-state index in [-0.39, 0.29) is 16.5 Å². The molecule has 10 heteroatoms. The minimum atomic E-state index is -0.710. The number of nitro benzene ring substituents is 2. The zero-order chi connectivity index (χ0) is 18.4. The van der Waals surface area contributed by atoms with Crippen LogP contribution in [0.4, 0.5) is 22.7 Å². The third kappa shape index (κ3) is 4.85. The molecule has 130 valence electrons. The van der Waals surface area contributed by atoms with Crippen molar-refractivity contribution in [2.75, 3.05) is 10.7 Å². The fraction of sp³-hybridized carbons (Fsp3) is 0.133. The van der Waals surface area contributed by atoms with Crippen LogP contribution in [0.2, 0.25) is 0 Å². The first-order chi connectivity index (χ1) is 11.9. The Morgan fingerprint density at radius 2 is 1.88 bits per heavy atom. The average Bonchev–Trinajstić information content (AvgIpc) is 2.59. The Morgan fingerprint density at radius 3 is 2.52 bits per heavy atom. The molecule has 25 heavy (non-hydrogen) atoms. The minimum Gasteiger partial charge on any atom is -0.331 e. The molecule has 0 aromatic heterocycles. The Morgan fingerprint density at radius 1 is 1.12 bits per heavy atom. The van der Waals surface area contributed by atoms with Gasteiger partial charge in [-0.1, -0.05) is 19.1 Å². The number of benzene rings is 2. The fourth-order valence-corrected chi connectivity index (χ4v) is 2.21. The second kappa shape index (κ2) is 8.02. The van der Waals surface area contributed by atoms with Crippen LogP contribution in [0.15, 0.2) is 42.5 Å². The van der Waals surface area contributed by atoms with Gasteiger partial charge < -0.3 is 5.32 Å². The number of hydrogen-bond acceptors (Lipinski definition) is 6. The van der Waals surface area contributed by atoms with Gasteiger partial charge in [0.1, 0.15) is 5.69 Å². The van der Waals surface area contributed by atoms with Crippen molar-refractivity contribution < 1.29 is 9.85 Å². The summed E-state index contributed by atoms with van der Waals surface area (Å²) in [6.45, 7) is 2.03. The molecule has 0 saturated heterocycles. The van der Waals surface area contributed by atoms with Gasteiger partial charge in [0, 0.05) is 11.8 Å². The molecule has 2 rings (SSSR count). The van der Waals surface area contributed by atoms with E-state index in [1.165, 1.54) is 6.07 Å². The van der Waals surface area contributed by atoms with E-state index in [9.17, 15) is 20.2 Å². The highest BCUT2D eigenvalue weighted by molar-refractivity contribution is 7.80. The first kappa shape index (κ1) is 18.1. The number of anilines is 2. The van der Waals surface area contributed by atoms with Gasteiger partial charge in [-0.15, -0.1) is 0 Å². The van der Waals surface area contributed by atoms with Gasteiger partial charge in [0.05, 0.1) is 15.9 Å². The Balaban J connectivity index is 2.06. The van der Waals surface area contributed by atoms with E-state index < -0.39 is 15.5 Å². The molecule has 0 aliphatic heterocycles. The van der Waals surface area contributed by atoms with Gasteiger partial charge in [0.2, 0.25) is 0 Å². The van der Waals surface area contributed by atoms with E-state index in [1.807, 2.05) is 31.2 Å². The molecule has 0 spiro atoms. The van der Waals surface area contributed by atoms with Crippen molar-refractivity contribution in [2.45, 2.75) is 13.3 Å². The number of hydrazine groups is 1. The molecule has 0 saturated carbocycles. The molecule has 0 bridgehead atoms. The van der Waals surface area contributed by atoms with Crippen LogP contribution >= 0.6 is 12.2 Å². The van der Waals surface area contributed by atoms with Crippen LogP contribution in [-0.2, 0) is 6.42 Å². The van der Waals surface area contributed by atoms with E-state index in [4.69, 9.17) is 12.2 Å². The molecule has 0 unspecified atom stereocenters. The number of non-ortho nitro benzene ring substituents is 1. The van der Waals surface area contributed by atoms with Crippen molar-refractivity contribution in [3.05, 3.63) is 68.3 Å². The van der Waals surface area contributed by atoms with Crippen LogP contribution in [0.5, 0.6) is 0 Å². The highest BCUT2D eigenvalue weighted by Gasteiger charge is 2.19. The van der Waals surface area contributed by atoms with Crippen molar-refractivity contribution in [3.63, 3.8) is 0 Å². The third-order valence-corrected chi connectivity index (χ3v) is 3.50. The van der Waals surface area contributed by atoms with Gasteiger partial charge in [0.15, 0.2) is 5.11 Å². The maximum Gasteiger partial charge on any atom is 0.300 e. The van der Waals surface area contributed by atoms with Crippen molar-refractivity contribution >= 4 is 40.1 Å². The number of rotatable bonds is 6. The zero-order valence-electron chi connectivity index (χ0n) is 13.2. The highest BCUT2D eigenvalue weighted by atomic mass is 32.1. The van der Waals surface area contributed by atoms with Crippen LogP contribution in [0.3, 0.4) is 0 Å². The lowest BCUT2D eigenvalue weighted by Gasteiger charge is -2.13. The highest BCUT2D eigenvalue weighted by Crippen LogP contribution is 2.28. The van der Waals surface area contributed by atoms with Gasteiger partial charge in [-0.05, 0) is 42.4 Å². The molecule has 0 heterocycles. The average molecular weight is 361 g/mol. The summed E-state index contributed by atoms with van der Waals surface area (Å²) >= 11 is 5.13. The van der Waals surface area contributed by atoms with E-state index in [0.29, 0.717) is 0 Å². The molecule has 9 nitrogen and oxygen atoms in total. The first-order valence-corrected chi connectivity index (χ1v) is 7.66. The molecule has 0 atom stereocenters. The maximum absolute atomic E-state index is 11.1. The fourth-order valence-electron chi connectivity index (χ4n) is 2.05. The molecule has 0 aliphatic carbocycles. The molecule has 0 aliphatic rings. The molecular formula is C15H15N5O4S. The Labute approximate surface area is 148 Å². The molecule has 2 aromatic rings. The summed E-state index contributed by atoms with van der Waals surface area (Å²) in [5.41, 5.74) is 6.38. The first-order valence-electron chi connectivity index (χ1n) is 7.25. The van der Waals surface area contributed by atoms with Crippen LogP contribution < -0.4 is 16.2 Å². The number of thiocarbonyl (C=S) groups is 1. The van der Waals surface area contributed by atoms with E-state index >= 15 is 0 Å². The van der Waals surface area contributed by atoms with Gasteiger partial charge in [-0.2, -0.15) is 0 Å². The van der Waals surface area contributed by atoms with Crippen LogP contribution in [-0.4, -0.2) is 15.0 Å². The summed E-state index contributed by atoms with van der Waals surface area (Å²) < 4.78 is 0. The van der Waals surface area contributed by atoms with Gasteiger partial charge in [-0.25, -0.2) is 0 Å². The smallest absolute Gasteiger partial charge is 0.300 e. The predicted octanol–water partition coefficient (Wildman–Crippen LogP) is 3.38. The standard InChI is InChI=1S/C15H15N5O4S/c1-2-10-4-3-5-11(8-10)16-15(25)18-17-13-7-6-12(19(21)22)9-14(13)20(23)24/h3-9,17H,2H2,1H3,(H2,16,18,25). The van der Waals surface area contributed by atoms with Crippen LogP contribution in [0, 0.1) is 20.2 Å². The quantitative estimate of drug-likeness (QED) is 0.406. The molecule has 0 fully saturated rings. The van der Waals surface area contributed by atoms with Crippen molar-refractivity contribution in [1.82, 2.24) is 5.43 Å². The second-order valence-electron chi connectivity index (χ2n) is 4.97. The summed E-state index contributed by atoms with van der Waals surface area (Å²) in [7, 11) is 0. The largest absolute Gasteiger partial charge is 0.331 e. The predicted molar refractivity (Wildman–Crippen MR) is 98.5 cm³/mol. The molecule has 0 amide bonds. The molecule has 0 radical (unpaired) electrons. The molecule has 2 aromatic carbocycles. The number of aryl methyl sites for hydroxylation is 1. The van der Waals surface area contributed by atoms with Gasteiger partial charge >= 0.3 is 5.69 Å². The summed E-state index contributed by atoms with van der Waals surface area (Å²) in [4.78, 5) is 20.4. The van der Waals surface area contributed by atoms with E-state index in [1.54, 1.807) is 0 Å². The molecular weight excluding hydrogens is 346 g/mol. The van der Waals surface area contributed by atoms with Crippen LogP contribution in [0.25, 0.3) is 0 Å². The zero-order valence-corrected chi connectivity index (χ0v) is 14.0. The number of nitrogens with zero attached hydrogens (tertiary/aromatic N) is 2. The summed E-state index contributed by atoms with van der Waals surface area (Å²) in [6.07, 6.45) is 0.878. The topological polar surface area (TPSA) is 122 Å². The summed E-state index contributed by atoms with van der Waals surface area (Å²) in [6, 6.07) is 10.9. The minimum absolute atomic E-state index is 0.0575. The van der Waals surface area contributed by atoms with Crippen molar-refractivity contribution in [2.24, 2.45) is 0 Å². The van der Waals surface area contributed by atoms with Crippen LogP contribution in [0.1, 0.15) is 12.5 Å². The Hall–Kier alpha value is -3.27. The normalized spacial score (nSPS) is 9.96.